The molecule has 0 saturated carbocycles. The van der Waals surface area contributed by atoms with E-state index in [9.17, 15) is 9.59 Å². The van der Waals surface area contributed by atoms with Crippen molar-refractivity contribution >= 4 is 11.5 Å². The van der Waals surface area contributed by atoms with Gasteiger partial charge in [0.25, 0.3) is 5.56 Å². The Morgan fingerprint density at radius 3 is 2.90 bits per heavy atom. The van der Waals surface area contributed by atoms with Crippen molar-refractivity contribution in [3.8, 4) is 0 Å². The van der Waals surface area contributed by atoms with Crippen molar-refractivity contribution < 1.29 is 14.4 Å². The van der Waals surface area contributed by atoms with Crippen LogP contribution in [0.3, 0.4) is 0 Å². The standard InChI is InChI=1S/C12H10N4O4/c1-7-4-10-11(17)15(2-3-16(10)13-7)6-8-5-9(12(18)19)14-20-8/h2-5H,6H2,1H3,(H,18,19). The largest absolute Gasteiger partial charge is 0.476 e. The highest BCUT2D eigenvalue weighted by Crippen LogP contribution is 2.06. The van der Waals surface area contributed by atoms with Crippen LogP contribution in [0.4, 0.5) is 0 Å². The lowest BCUT2D eigenvalue weighted by atomic mass is 10.3. The molecule has 0 bridgehead atoms. The molecular formula is C12H10N4O4. The number of carbonyl (C=O) groups is 1. The van der Waals surface area contributed by atoms with Crippen molar-refractivity contribution in [2.75, 3.05) is 0 Å². The number of rotatable bonds is 3. The first-order chi connectivity index (χ1) is 9.54. The molecular weight excluding hydrogens is 264 g/mol. The van der Waals surface area contributed by atoms with E-state index in [0.717, 1.165) is 5.69 Å². The van der Waals surface area contributed by atoms with Gasteiger partial charge in [0.15, 0.2) is 11.5 Å². The molecule has 0 spiro atoms. The second-order valence-electron chi connectivity index (χ2n) is 4.33. The first-order valence-electron chi connectivity index (χ1n) is 5.79. The Hall–Kier alpha value is -2.90. The lowest BCUT2D eigenvalue weighted by Crippen LogP contribution is -2.21. The minimum Gasteiger partial charge on any atom is -0.476 e. The summed E-state index contributed by atoms with van der Waals surface area (Å²) in [5.74, 6) is -0.876. The number of fused-ring (bicyclic) bond motifs is 1. The highest BCUT2D eigenvalue weighted by Gasteiger charge is 2.12. The van der Waals surface area contributed by atoms with Crippen LogP contribution in [0.5, 0.6) is 0 Å². The predicted molar refractivity (Wildman–Crippen MR) is 66.8 cm³/mol. The van der Waals surface area contributed by atoms with Crippen LogP contribution in [0, 0.1) is 6.92 Å². The minimum absolute atomic E-state index is 0.111. The number of aromatic carboxylic acids is 1. The van der Waals surface area contributed by atoms with E-state index in [2.05, 4.69) is 10.3 Å². The fourth-order valence-corrected chi connectivity index (χ4v) is 1.93. The maximum atomic E-state index is 12.2. The second kappa shape index (κ2) is 4.34. The first-order valence-corrected chi connectivity index (χ1v) is 5.79. The van der Waals surface area contributed by atoms with Gasteiger partial charge in [0.2, 0.25) is 0 Å². The van der Waals surface area contributed by atoms with Gasteiger partial charge in [0.1, 0.15) is 5.52 Å². The van der Waals surface area contributed by atoms with Crippen molar-refractivity contribution in [1.82, 2.24) is 19.3 Å². The molecule has 3 aromatic heterocycles. The summed E-state index contributed by atoms with van der Waals surface area (Å²) in [5.41, 5.74) is 0.770. The van der Waals surface area contributed by atoms with Crippen LogP contribution in [0.2, 0.25) is 0 Å². The quantitative estimate of drug-likeness (QED) is 0.747. The molecule has 3 aromatic rings. The maximum absolute atomic E-state index is 12.2. The van der Waals surface area contributed by atoms with E-state index in [-0.39, 0.29) is 17.8 Å². The summed E-state index contributed by atoms with van der Waals surface area (Å²) in [6.45, 7) is 1.91. The van der Waals surface area contributed by atoms with Crippen molar-refractivity contribution in [2.45, 2.75) is 13.5 Å². The van der Waals surface area contributed by atoms with Gasteiger partial charge in [-0.15, -0.1) is 0 Å². The summed E-state index contributed by atoms with van der Waals surface area (Å²) in [4.78, 5) is 22.9. The second-order valence-corrected chi connectivity index (χ2v) is 4.33. The molecule has 0 aliphatic heterocycles. The monoisotopic (exact) mass is 274 g/mol. The van der Waals surface area contributed by atoms with E-state index >= 15 is 0 Å². The van der Waals surface area contributed by atoms with Crippen molar-refractivity contribution in [2.24, 2.45) is 0 Å². The molecule has 0 unspecified atom stereocenters. The van der Waals surface area contributed by atoms with Gasteiger partial charge in [-0.2, -0.15) is 5.10 Å². The third kappa shape index (κ3) is 1.96. The topological polar surface area (TPSA) is 103 Å². The summed E-state index contributed by atoms with van der Waals surface area (Å²) in [7, 11) is 0. The fraction of sp³-hybridized carbons (Fsp3) is 0.167. The summed E-state index contributed by atoms with van der Waals surface area (Å²) < 4.78 is 7.79. The van der Waals surface area contributed by atoms with Gasteiger partial charge in [0, 0.05) is 18.5 Å². The zero-order chi connectivity index (χ0) is 14.3. The molecule has 0 fully saturated rings. The highest BCUT2D eigenvalue weighted by molar-refractivity contribution is 5.85. The molecule has 1 N–H and O–H groups in total. The number of hydrogen-bond donors (Lipinski definition) is 1. The summed E-state index contributed by atoms with van der Waals surface area (Å²) in [6, 6.07) is 2.97. The Kier molecular flexibility index (Phi) is 2.63. The summed E-state index contributed by atoms with van der Waals surface area (Å²) in [6.07, 6.45) is 3.21. The molecule has 8 nitrogen and oxygen atoms in total. The number of carboxylic acid groups (broad SMARTS) is 1. The van der Waals surface area contributed by atoms with E-state index in [4.69, 9.17) is 9.63 Å². The molecule has 3 heterocycles. The third-order valence-corrected chi connectivity index (χ3v) is 2.83. The van der Waals surface area contributed by atoms with Crippen LogP contribution >= 0.6 is 0 Å². The number of carboxylic acids is 1. The Morgan fingerprint density at radius 2 is 2.20 bits per heavy atom. The van der Waals surface area contributed by atoms with Crippen molar-refractivity contribution in [3.63, 3.8) is 0 Å². The van der Waals surface area contributed by atoms with Gasteiger partial charge >= 0.3 is 5.97 Å². The SMILES string of the molecule is Cc1cc2c(=O)n(Cc3cc(C(=O)O)no3)ccn2n1. The summed E-state index contributed by atoms with van der Waals surface area (Å²) in [5, 5.41) is 16.3. The van der Waals surface area contributed by atoms with Gasteiger partial charge in [-0.3, -0.25) is 4.79 Å². The Balaban J connectivity index is 1.99. The van der Waals surface area contributed by atoms with E-state index in [1.165, 1.54) is 15.1 Å². The highest BCUT2D eigenvalue weighted by atomic mass is 16.5. The Labute approximate surface area is 111 Å². The normalized spacial score (nSPS) is 11.1. The molecule has 8 heteroatoms. The van der Waals surface area contributed by atoms with Crippen LogP contribution < -0.4 is 5.56 Å². The van der Waals surface area contributed by atoms with Gasteiger partial charge in [0.05, 0.1) is 12.2 Å². The van der Waals surface area contributed by atoms with Gasteiger partial charge < -0.3 is 14.2 Å². The fourth-order valence-electron chi connectivity index (χ4n) is 1.93. The number of aryl methyl sites for hydroxylation is 1. The van der Waals surface area contributed by atoms with Gasteiger partial charge in [-0.1, -0.05) is 5.16 Å². The van der Waals surface area contributed by atoms with Crippen LogP contribution in [-0.4, -0.2) is 30.4 Å². The predicted octanol–water partition coefficient (Wildman–Crippen LogP) is 0.539. The van der Waals surface area contributed by atoms with Crippen molar-refractivity contribution in [1.29, 1.82) is 0 Å². The number of nitrogens with zero attached hydrogens (tertiary/aromatic N) is 4. The first kappa shape index (κ1) is 12.2. The van der Waals surface area contributed by atoms with Gasteiger partial charge in [-0.05, 0) is 13.0 Å². The molecule has 0 aliphatic rings. The molecule has 20 heavy (non-hydrogen) atoms. The molecule has 0 saturated heterocycles. The number of aromatic nitrogens is 4. The molecule has 0 aromatic carbocycles. The van der Waals surface area contributed by atoms with E-state index in [1.54, 1.807) is 25.4 Å². The number of hydrogen-bond acceptors (Lipinski definition) is 5. The molecule has 0 aliphatic carbocycles. The maximum Gasteiger partial charge on any atom is 0.358 e. The van der Waals surface area contributed by atoms with Crippen molar-refractivity contribution in [3.05, 3.63) is 52.0 Å². The zero-order valence-corrected chi connectivity index (χ0v) is 10.5. The lowest BCUT2D eigenvalue weighted by Gasteiger charge is -2.02. The minimum atomic E-state index is -1.17. The molecule has 0 atom stereocenters. The van der Waals surface area contributed by atoms with Gasteiger partial charge in [-0.25, -0.2) is 9.31 Å². The lowest BCUT2D eigenvalue weighted by molar-refractivity contribution is 0.0685. The molecule has 102 valence electrons. The van der Waals surface area contributed by atoms with Crippen LogP contribution in [0.15, 0.2) is 33.8 Å². The van der Waals surface area contributed by atoms with Crippen LogP contribution in [-0.2, 0) is 6.54 Å². The average molecular weight is 274 g/mol. The molecule has 3 rings (SSSR count). The van der Waals surface area contributed by atoms with Crippen LogP contribution in [0.25, 0.3) is 5.52 Å². The van der Waals surface area contributed by atoms with E-state index in [0.29, 0.717) is 11.3 Å². The Bertz CT molecular complexity index is 858. The smallest absolute Gasteiger partial charge is 0.358 e. The molecule has 0 amide bonds. The Morgan fingerprint density at radius 1 is 1.40 bits per heavy atom. The average Bonchev–Trinajstić information content (AvgIpc) is 2.99. The third-order valence-electron chi connectivity index (χ3n) is 2.83. The molecule has 0 radical (unpaired) electrons. The zero-order valence-electron chi connectivity index (χ0n) is 10.5. The van der Waals surface area contributed by atoms with E-state index in [1.807, 2.05) is 0 Å². The van der Waals surface area contributed by atoms with Crippen LogP contribution in [0.1, 0.15) is 21.9 Å². The summed E-state index contributed by atoms with van der Waals surface area (Å²) >= 11 is 0. The van der Waals surface area contributed by atoms with E-state index < -0.39 is 5.97 Å².